The molecule has 5 heteroatoms. The van der Waals surface area contributed by atoms with E-state index in [2.05, 4.69) is 24.1 Å². The van der Waals surface area contributed by atoms with Crippen LogP contribution in [0.1, 0.15) is 58.9 Å². The first kappa shape index (κ1) is 21.3. The molecule has 1 fully saturated rings. The largest absolute Gasteiger partial charge is 0.377 e. The third-order valence-electron chi connectivity index (χ3n) is 5.55. The van der Waals surface area contributed by atoms with Crippen molar-refractivity contribution in [3.63, 3.8) is 0 Å². The molecule has 1 aromatic rings. The molecule has 1 aliphatic rings. The maximum absolute atomic E-state index is 12.8. The summed E-state index contributed by atoms with van der Waals surface area (Å²) in [6.45, 7) is 8.64. The summed E-state index contributed by atoms with van der Waals surface area (Å²) in [4.78, 5) is 29.1. The molecular weight excluding hydrogens is 338 g/mol. The Kier molecular flexibility index (Phi) is 7.28. The highest BCUT2D eigenvalue weighted by atomic mass is 16.2. The molecule has 1 atom stereocenters. The Morgan fingerprint density at radius 2 is 1.85 bits per heavy atom. The highest BCUT2D eigenvalue weighted by Gasteiger charge is 2.26. The highest BCUT2D eigenvalue weighted by Crippen LogP contribution is 2.30. The van der Waals surface area contributed by atoms with Crippen molar-refractivity contribution in [2.75, 3.05) is 24.3 Å². The Bertz CT molecular complexity index is 666. The standard InChI is InChI=1S/C22H35N3O2/c1-7-16(4)25(22(27)15(2)3)14-18-13-19(11-12-20(18)24(5)6)23-21(26)17-9-8-10-17/h11-13,15-17H,7-10,14H2,1-6H3,(H,23,26). The van der Waals surface area contributed by atoms with Gasteiger partial charge in [0.15, 0.2) is 0 Å². The lowest BCUT2D eigenvalue weighted by Gasteiger charge is -2.32. The number of anilines is 2. The Labute approximate surface area is 164 Å². The molecule has 1 unspecified atom stereocenters. The monoisotopic (exact) mass is 373 g/mol. The molecule has 0 aliphatic heterocycles. The molecule has 1 aromatic carbocycles. The fraction of sp³-hybridized carbons (Fsp3) is 0.636. The first-order valence-electron chi connectivity index (χ1n) is 10.2. The van der Waals surface area contributed by atoms with Crippen molar-refractivity contribution >= 4 is 23.2 Å². The van der Waals surface area contributed by atoms with Crippen molar-refractivity contribution in [2.45, 2.75) is 66.0 Å². The number of rotatable bonds is 8. The number of benzene rings is 1. The summed E-state index contributed by atoms with van der Waals surface area (Å²) >= 11 is 0. The molecule has 0 bridgehead atoms. The van der Waals surface area contributed by atoms with Crippen LogP contribution in [0, 0.1) is 11.8 Å². The molecule has 1 saturated carbocycles. The summed E-state index contributed by atoms with van der Waals surface area (Å²) in [7, 11) is 4.01. The second-order valence-electron chi connectivity index (χ2n) is 8.23. The van der Waals surface area contributed by atoms with E-state index < -0.39 is 0 Å². The van der Waals surface area contributed by atoms with Crippen LogP contribution < -0.4 is 10.2 Å². The van der Waals surface area contributed by atoms with Crippen LogP contribution in [-0.4, -0.2) is 36.9 Å². The van der Waals surface area contributed by atoms with Gasteiger partial charge in [-0.25, -0.2) is 0 Å². The molecule has 1 N–H and O–H groups in total. The van der Waals surface area contributed by atoms with E-state index in [-0.39, 0.29) is 29.7 Å². The van der Waals surface area contributed by atoms with Gasteiger partial charge in [-0.1, -0.05) is 27.2 Å². The average molecular weight is 374 g/mol. The van der Waals surface area contributed by atoms with E-state index in [9.17, 15) is 9.59 Å². The fourth-order valence-corrected chi connectivity index (χ4v) is 3.33. The van der Waals surface area contributed by atoms with Gasteiger partial charge in [0, 0.05) is 49.9 Å². The van der Waals surface area contributed by atoms with Gasteiger partial charge in [-0.05, 0) is 49.9 Å². The zero-order chi connectivity index (χ0) is 20.1. The van der Waals surface area contributed by atoms with Gasteiger partial charge in [-0.2, -0.15) is 0 Å². The first-order chi connectivity index (χ1) is 12.7. The normalized spacial score (nSPS) is 15.2. The van der Waals surface area contributed by atoms with Gasteiger partial charge in [0.1, 0.15) is 0 Å². The van der Waals surface area contributed by atoms with Crippen molar-refractivity contribution in [1.82, 2.24) is 4.90 Å². The van der Waals surface area contributed by atoms with Gasteiger partial charge < -0.3 is 15.1 Å². The molecule has 2 amide bonds. The minimum atomic E-state index is -0.0386. The number of carbonyl (C=O) groups is 2. The molecule has 0 spiro atoms. The van der Waals surface area contributed by atoms with Gasteiger partial charge in [0.25, 0.3) is 0 Å². The molecule has 27 heavy (non-hydrogen) atoms. The van der Waals surface area contributed by atoms with Crippen LogP contribution in [0.25, 0.3) is 0 Å². The van der Waals surface area contributed by atoms with E-state index in [1.54, 1.807) is 0 Å². The quantitative estimate of drug-likeness (QED) is 0.740. The van der Waals surface area contributed by atoms with Crippen LogP contribution >= 0.6 is 0 Å². The first-order valence-corrected chi connectivity index (χ1v) is 10.2. The summed E-state index contributed by atoms with van der Waals surface area (Å²) in [5.74, 6) is 0.393. The number of hydrogen-bond donors (Lipinski definition) is 1. The molecule has 0 radical (unpaired) electrons. The molecule has 5 nitrogen and oxygen atoms in total. The average Bonchev–Trinajstić information content (AvgIpc) is 2.56. The number of nitrogens with zero attached hydrogens (tertiary/aromatic N) is 2. The van der Waals surface area contributed by atoms with Gasteiger partial charge in [-0.15, -0.1) is 0 Å². The van der Waals surface area contributed by atoms with Gasteiger partial charge >= 0.3 is 0 Å². The second kappa shape index (κ2) is 9.25. The lowest BCUT2D eigenvalue weighted by Crippen LogP contribution is -2.40. The zero-order valence-electron chi connectivity index (χ0n) is 17.7. The van der Waals surface area contributed by atoms with E-state index in [0.29, 0.717) is 6.54 Å². The summed E-state index contributed by atoms with van der Waals surface area (Å²) in [6.07, 6.45) is 4.02. The topological polar surface area (TPSA) is 52.7 Å². The number of carbonyl (C=O) groups excluding carboxylic acids is 2. The number of amides is 2. The van der Waals surface area contributed by atoms with Crippen LogP contribution in [0.2, 0.25) is 0 Å². The summed E-state index contributed by atoms with van der Waals surface area (Å²) in [5, 5.41) is 3.06. The van der Waals surface area contributed by atoms with Crippen LogP contribution in [0.4, 0.5) is 11.4 Å². The molecule has 2 rings (SSSR count). The molecule has 1 aliphatic carbocycles. The van der Waals surface area contributed by atoms with Gasteiger partial charge in [-0.3, -0.25) is 9.59 Å². The Balaban J connectivity index is 2.28. The fourth-order valence-electron chi connectivity index (χ4n) is 3.33. The smallest absolute Gasteiger partial charge is 0.227 e. The summed E-state index contributed by atoms with van der Waals surface area (Å²) < 4.78 is 0. The van der Waals surface area contributed by atoms with Crippen molar-refractivity contribution in [2.24, 2.45) is 11.8 Å². The summed E-state index contributed by atoms with van der Waals surface area (Å²) in [5.41, 5.74) is 2.94. The third-order valence-corrected chi connectivity index (χ3v) is 5.55. The van der Waals surface area contributed by atoms with Gasteiger partial charge in [0.05, 0.1) is 0 Å². The number of nitrogens with one attached hydrogen (secondary N) is 1. The minimum absolute atomic E-state index is 0.0386. The number of hydrogen-bond acceptors (Lipinski definition) is 3. The Hall–Kier alpha value is -2.04. The highest BCUT2D eigenvalue weighted by molar-refractivity contribution is 5.93. The zero-order valence-corrected chi connectivity index (χ0v) is 17.7. The molecule has 0 saturated heterocycles. The van der Waals surface area contributed by atoms with Crippen molar-refractivity contribution in [3.8, 4) is 0 Å². The predicted molar refractivity (Wildman–Crippen MR) is 112 cm³/mol. The maximum atomic E-state index is 12.8. The van der Waals surface area contributed by atoms with Crippen molar-refractivity contribution in [1.29, 1.82) is 0 Å². The molecule has 0 heterocycles. The lowest BCUT2D eigenvalue weighted by atomic mass is 9.85. The Morgan fingerprint density at radius 1 is 1.19 bits per heavy atom. The second-order valence-corrected chi connectivity index (χ2v) is 8.23. The van der Waals surface area contributed by atoms with E-state index in [1.807, 2.05) is 51.0 Å². The van der Waals surface area contributed by atoms with E-state index in [1.165, 1.54) is 0 Å². The van der Waals surface area contributed by atoms with E-state index >= 15 is 0 Å². The lowest BCUT2D eigenvalue weighted by molar-refractivity contribution is -0.137. The van der Waals surface area contributed by atoms with Crippen LogP contribution in [0.5, 0.6) is 0 Å². The van der Waals surface area contributed by atoms with Crippen molar-refractivity contribution in [3.05, 3.63) is 23.8 Å². The minimum Gasteiger partial charge on any atom is -0.377 e. The molecule has 150 valence electrons. The molecule has 0 aromatic heterocycles. The van der Waals surface area contributed by atoms with E-state index in [4.69, 9.17) is 0 Å². The SMILES string of the molecule is CCC(C)N(Cc1cc(NC(=O)C2CCC2)ccc1N(C)C)C(=O)C(C)C. The van der Waals surface area contributed by atoms with Crippen LogP contribution in [0.3, 0.4) is 0 Å². The van der Waals surface area contributed by atoms with Gasteiger partial charge in [0.2, 0.25) is 11.8 Å². The van der Waals surface area contributed by atoms with Crippen LogP contribution in [-0.2, 0) is 16.1 Å². The predicted octanol–water partition coefficient (Wildman–Crippen LogP) is 4.27. The summed E-state index contributed by atoms with van der Waals surface area (Å²) in [6, 6.07) is 6.17. The van der Waals surface area contributed by atoms with Crippen molar-refractivity contribution < 1.29 is 9.59 Å². The Morgan fingerprint density at radius 3 is 2.33 bits per heavy atom. The maximum Gasteiger partial charge on any atom is 0.227 e. The third kappa shape index (κ3) is 5.24. The van der Waals surface area contributed by atoms with E-state index in [0.717, 1.165) is 42.6 Å². The van der Waals surface area contributed by atoms with Crippen LogP contribution in [0.15, 0.2) is 18.2 Å². The molecular formula is C22H35N3O2.